The van der Waals surface area contributed by atoms with Gasteiger partial charge in [-0.1, -0.05) is 96.8 Å². The summed E-state index contributed by atoms with van der Waals surface area (Å²) in [5.74, 6) is 6.80. The molecule has 1 atom stereocenters. The molecule has 5 nitrogen and oxygen atoms in total. The van der Waals surface area contributed by atoms with E-state index in [0.29, 0.717) is 39.0 Å². The van der Waals surface area contributed by atoms with E-state index in [2.05, 4.69) is 31.0 Å². The van der Waals surface area contributed by atoms with E-state index in [0.717, 1.165) is 45.4 Å². The van der Waals surface area contributed by atoms with Crippen molar-refractivity contribution in [3.05, 3.63) is 0 Å². The molecule has 0 aromatic rings. The highest BCUT2D eigenvalue weighted by atomic mass is 16.5. The zero-order chi connectivity index (χ0) is 28.3. The first-order valence-electron chi connectivity index (χ1n) is 16.9. The summed E-state index contributed by atoms with van der Waals surface area (Å²) in [5.41, 5.74) is 5.42. The summed E-state index contributed by atoms with van der Waals surface area (Å²) >= 11 is 0. The number of nitrogens with two attached hydrogens (primary N) is 1. The molecule has 0 amide bonds. The maximum Gasteiger partial charge on any atom is 0.0701 e. The minimum Gasteiger partial charge on any atom is -0.379 e. The minimum atomic E-state index is 0.596. The third-order valence-corrected chi connectivity index (χ3v) is 7.16. The van der Waals surface area contributed by atoms with Crippen LogP contribution in [0.1, 0.15) is 149 Å². The van der Waals surface area contributed by atoms with Crippen LogP contribution >= 0.6 is 0 Å². The summed E-state index contributed by atoms with van der Waals surface area (Å²) in [6, 6.07) is 0.596. The van der Waals surface area contributed by atoms with Crippen molar-refractivity contribution < 1.29 is 14.2 Å². The molecule has 5 heteroatoms. The van der Waals surface area contributed by atoms with Crippen LogP contribution in [0.25, 0.3) is 0 Å². The molecule has 0 spiro atoms. The molecule has 3 N–H and O–H groups in total. The Morgan fingerprint density at radius 3 is 1.49 bits per heavy atom. The molecule has 0 radical (unpaired) electrons. The Balaban J connectivity index is 3.20. The first kappa shape index (κ1) is 38.4. The highest BCUT2D eigenvalue weighted by molar-refractivity contribution is 4.98. The van der Waals surface area contributed by atoms with Gasteiger partial charge in [0.05, 0.1) is 26.4 Å². The maximum absolute atomic E-state index is 5.64. The molecule has 1 unspecified atom stereocenters. The third-order valence-electron chi connectivity index (χ3n) is 7.16. The van der Waals surface area contributed by atoms with Gasteiger partial charge in [-0.05, 0) is 52.1 Å². The average Bonchev–Trinajstić information content (AvgIpc) is 2.94. The second kappa shape index (κ2) is 35.4. The lowest BCUT2D eigenvalue weighted by Gasteiger charge is -2.13. The predicted octanol–water partition coefficient (Wildman–Crippen LogP) is 8.19. The lowest BCUT2D eigenvalue weighted by molar-refractivity contribution is 0.0140. The molecule has 39 heavy (non-hydrogen) atoms. The normalized spacial score (nSPS) is 12.0. The van der Waals surface area contributed by atoms with Crippen LogP contribution < -0.4 is 11.1 Å². The van der Waals surface area contributed by atoms with Gasteiger partial charge in [0.1, 0.15) is 0 Å². The monoisotopic (exact) mass is 553 g/mol. The van der Waals surface area contributed by atoms with Gasteiger partial charge in [-0.15, -0.1) is 11.8 Å². The standard InChI is InChI=1S/C34H68N2O3/c1-3-4-5-6-7-8-9-10-11-12-13-14-15-16-17-18-19-20-21-22-25-34(2)36-27-24-29-38-31-33-39-32-30-37-28-23-26-35/h34,36H,3-13,16-33,35H2,1-2H3. The topological polar surface area (TPSA) is 65.7 Å². The van der Waals surface area contributed by atoms with Crippen LogP contribution in [-0.4, -0.2) is 58.8 Å². The second-order valence-corrected chi connectivity index (χ2v) is 11.1. The molecule has 0 bridgehead atoms. The summed E-state index contributed by atoms with van der Waals surface area (Å²) in [4.78, 5) is 0. The fourth-order valence-corrected chi connectivity index (χ4v) is 4.60. The van der Waals surface area contributed by atoms with E-state index in [1.165, 1.54) is 109 Å². The van der Waals surface area contributed by atoms with Gasteiger partial charge >= 0.3 is 0 Å². The van der Waals surface area contributed by atoms with Crippen LogP contribution in [-0.2, 0) is 14.2 Å². The SMILES string of the molecule is CCCCCCCCCCCCC#CCCCCCCCCC(C)NCCCOCCOCCOCCCN. The molecule has 0 rings (SSSR count). The fraction of sp³-hybridized carbons (Fsp3) is 0.941. The van der Waals surface area contributed by atoms with Gasteiger partial charge in [0.25, 0.3) is 0 Å². The molecule has 0 saturated heterocycles. The van der Waals surface area contributed by atoms with E-state index in [1.807, 2.05) is 0 Å². The minimum absolute atomic E-state index is 0.596. The molecule has 0 aromatic heterocycles. The van der Waals surface area contributed by atoms with Crippen LogP contribution in [0.5, 0.6) is 0 Å². The summed E-state index contributed by atoms with van der Waals surface area (Å²) in [5, 5.41) is 3.63. The molecule has 0 fully saturated rings. The summed E-state index contributed by atoms with van der Waals surface area (Å²) < 4.78 is 16.5. The summed E-state index contributed by atoms with van der Waals surface area (Å²) in [6.07, 6.45) is 27.5. The van der Waals surface area contributed by atoms with E-state index in [4.69, 9.17) is 19.9 Å². The molecule has 0 heterocycles. The predicted molar refractivity (Wildman–Crippen MR) is 169 cm³/mol. The van der Waals surface area contributed by atoms with Gasteiger partial charge in [0.2, 0.25) is 0 Å². The Kier molecular flexibility index (Phi) is 34.8. The van der Waals surface area contributed by atoms with Crippen molar-refractivity contribution in [3.8, 4) is 11.8 Å². The van der Waals surface area contributed by atoms with Gasteiger partial charge < -0.3 is 25.3 Å². The number of hydrogen-bond acceptors (Lipinski definition) is 5. The second-order valence-electron chi connectivity index (χ2n) is 11.1. The Labute approximate surface area is 244 Å². The van der Waals surface area contributed by atoms with Crippen molar-refractivity contribution in [1.82, 2.24) is 5.32 Å². The zero-order valence-electron chi connectivity index (χ0n) is 26.4. The van der Waals surface area contributed by atoms with E-state index in [1.54, 1.807) is 0 Å². The van der Waals surface area contributed by atoms with E-state index in [-0.39, 0.29) is 0 Å². The number of unbranched alkanes of at least 4 members (excludes halogenated alkanes) is 16. The smallest absolute Gasteiger partial charge is 0.0701 e. The highest BCUT2D eigenvalue weighted by Gasteiger charge is 2.01. The molecule has 0 aromatic carbocycles. The fourth-order valence-electron chi connectivity index (χ4n) is 4.60. The first-order valence-corrected chi connectivity index (χ1v) is 16.9. The molecule has 232 valence electrons. The summed E-state index contributed by atoms with van der Waals surface area (Å²) in [7, 11) is 0. The number of rotatable bonds is 32. The Bertz CT molecular complexity index is 506. The molecule has 0 aliphatic carbocycles. The molecule has 0 saturated carbocycles. The van der Waals surface area contributed by atoms with E-state index < -0.39 is 0 Å². The van der Waals surface area contributed by atoms with Crippen molar-refractivity contribution in [1.29, 1.82) is 0 Å². The van der Waals surface area contributed by atoms with Crippen molar-refractivity contribution >= 4 is 0 Å². The number of hydrogen-bond donors (Lipinski definition) is 2. The third kappa shape index (κ3) is 35.3. The lowest BCUT2D eigenvalue weighted by Crippen LogP contribution is -2.27. The molecule has 0 aliphatic rings. The van der Waals surface area contributed by atoms with Crippen LogP contribution in [0.4, 0.5) is 0 Å². The van der Waals surface area contributed by atoms with Crippen molar-refractivity contribution in [2.75, 3.05) is 52.7 Å². The van der Waals surface area contributed by atoms with Gasteiger partial charge in [0, 0.05) is 32.1 Å². The Morgan fingerprint density at radius 2 is 0.974 bits per heavy atom. The largest absolute Gasteiger partial charge is 0.379 e. The van der Waals surface area contributed by atoms with Crippen molar-refractivity contribution in [2.45, 2.75) is 155 Å². The molecular weight excluding hydrogens is 484 g/mol. The highest BCUT2D eigenvalue weighted by Crippen LogP contribution is 2.12. The summed E-state index contributed by atoms with van der Waals surface area (Å²) in [6.45, 7) is 10.4. The van der Waals surface area contributed by atoms with E-state index >= 15 is 0 Å². The van der Waals surface area contributed by atoms with Gasteiger partial charge in [-0.25, -0.2) is 0 Å². The average molecular weight is 553 g/mol. The van der Waals surface area contributed by atoms with Crippen molar-refractivity contribution in [3.63, 3.8) is 0 Å². The quantitative estimate of drug-likeness (QED) is 0.0650. The van der Waals surface area contributed by atoms with Gasteiger partial charge in [-0.3, -0.25) is 0 Å². The number of nitrogens with one attached hydrogen (secondary N) is 1. The van der Waals surface area contributed by atoms with Gasteiger partial charge in [0.15, 0.2) is 0 Å². The van der Waals surface area contributed by atoms with Crippen LogP contribution in [0.3, 0.4) is 0 Å². The Morgan fingerprint density at radius 1 is 0.538 bits per heavy atom. The Hall–Kier alpha value is -0.640. The van der Waals surface area contributed by atoms with Crippen LogP contribution in [0, 0.1) is 11.8 Å². The molecular formula is C34H68N2O3. The first-order chi connectivity index (χ1) is 19.3. The number of ether oxygens (including phenoxy) is 3. The van der Waals surface area contributed by atoms with Gasteiger partial charge in [-0.2, -0.15) is 0 Å². The maximum atomic E-state index is 5.64. The lowest BCUT2D eigenvalue weighted by atomic mass is 10.1. The van der Waals surface area contributed by atoms with Crippen LogP contribution in [0.15, 0.2) is 0 Å². The molecule has 0 aliphatic heterocycles. The van der Waals surface area contributed by atoms with Crippen LogP contribution in [0.2, 0.25) is 0 Å². The zero-order valence-corrected chi connectivity index (χ0v) is 26.4. The van der Waals surface area contributed by atoms with E-state index in [9.17, 15) is 0 Å². The van der Waals surface area contributed by atoms with Crippen molar-refractivity contribution in [2.24, 2.45) is 5.73 Å².